The smallest absolute Gasteiger partial charge is 0.254 e. The van der Waals surface area contributed by atoms with E-state index in [9.17, 15) is 9.18 Å². The van der Waals surface area contributed by atoms with Crippen LogP contribution in [-0.4, -0.2) is 67.2 Å². The molecule has 1 saturated heterocycles. The molecule has 0 bridgehead atoms. The molecule has 1 aliphatic rings. The largest absolute Gasteiger partial charge is 0.383 e. The Bertz CT molecular complexity index is 1130. The Morgan fingerprint density at radius 1 is 1.09 bits per heavy atom. The summed E-state index contributed by atoms with van der Waals surface area (Å²) < 4.78 is 20.9. The van der Waals surface area contributed by atoms with Crippen LogP contribution in [0.15, 0.2) is 36.4 Å². The number of piperazine rings is 1. The number of likely N-dealkylation sites (N-methyl/N-ethyl adjacent to an activating group) is 1. The van der Waals surface area contributed by atoms with Crippen LogP contribution in [0.2, 0.25) is 0 Å². The first-order valence-corrected chi connectivity index (χ1v) is 11.5. The summed E-state index contributed by atoms with van der Waals surface area (Å²) >= 11 is 0. The number of rotatable bonds is 7. The molecule has 1 aliphatic heterocycles. The van der Waals surface area contributed by atoms with Gasteiger partial charge in [-0.05, 0) is 56.3 Å². The number of methoxy groups -OCH3 is 1. The Labute approximate surface area is 194 Å². The predicted octanol–water partition coefficient (Wildman–Crippen LogP) is 4.04. The van der Waals surface area contributed by atoms with Gasteiger partial charge in [0.25, 0.3) is 5.91 Å². The van der Waals surface area contributed by atoms with E-state index in [2.05, 4.69) is 35.7 Å². The van der Waals surface area contributed by atoms with Crippen LogP contribution in [0.25, 0.3) is 10.9 Å². The Morgan fingerprint density at radius 3 is 2.45 bits per heavy atom. The van der Waals surface area contributed by atoms with Crippen molar-refractivity contribution in [2.75, 3.05) is 52.3 Å². The van der Waals surface area contributed by atoms with Crippen LogP contribution in [0.4, 0.5) is 10.1 Å². The number of fused-ring (bicyclic) bond motifs is 1. The van der Waals surface area contributed by atoms with Gasteiger partial charge in [-0.1, -0.05) is 12.1 Å². The summed E-state index contributed by atoms with van der Waals surface area (Å²) in [5.74, 6) is -0.183. The number of nitrogens with zero attached hydrogens (tertiary/aromatic N) is 3. The number of hydrogen-bond acceptors (Lipinski definition) is 4. The summed E-state index contributed by atoms with van der Waals surface area (Å²) in [5, 5.41) is 4.60. The van der Waals surface area contributed by atoms with E-state index >= 15 is 0 Å². The van der Waals surface area contributed by atoms with E-state index in [1.54, 1.807) is 19.2 Å². The second-order valence-corrected chi connectivity index (χ2v) is 8.85. The topological polar surface area (TPSA) is 49.7 Å². The first kappa shape index (κ1) is 23.3. The molecule has 1 amide bonds. The highest BCUT2D eigenvalue weighted by Crippen LogP contribution is 2.33. The summed E-state index contributed by atoms with van der Waals surface area (Å²) in [6.07, 6.45) is 0. The Morgan fingerprint density at radius 2 is 1.79 bits per heavy atom. The van der Waals surface area contributed by atoms with E-state index in [0.717, 1.165) is 60.6 Å². The van der Waals surface area contributed by atoms with Gasteiger partial charge in [0, 0.05) is 63.0 Å². The molecule has 1 N–H and O–H groups in total. The van der Waals surface area contributed by atoms with Gasteiger partial charge in [0.1, 0.15) is 5.82 Å². The van der Waals surface area contributed by atoms with Crippen molar-refractivity contribution in [2.24, 2.45) is 0 Å². The molecule has 0 unspecified atom stereocenters. The van der Waals surface area contributed by atoms with Crippen molar-refractivity contribution in [3.8, 4) is 0 Å². The molecule has 6 nitrogen and oxygen atoms in total. The van der Waals surface area contributed by atoms with Crippen LogP contribution in [0.5, 0.6) is 0 Å². The number of halogens is 1. The van der Waals surface area contributed by atoms with Crippen LogP contribution in [0, 0.1) is 19.7 Å². The van der Waals surface area contributed by atoms with Gasteiger partial charge in [0.2, 0.25) is 0 Å². The molecule has 4 rings (SSSR count). The highest BCUT2D eigenvalue weighted by Gasteiger charge is 2.23. The number of carbonyl (C=O) groups excluding carboxylic acids is 1. The standard InChI is InChI=1S/C26H33FN4O2/c1-18-19(2)31(13-14-33-4)25-23(18)15-21(26(32)30-11-9-29(3)10-12-30)16-24(25)28-17-20-5-7-22(27)8-6-20/h5-8,15-16,28H,9-14,17H2,1-4H3. The van der Waals surface area contributed by atoms with E-state index in [1.807, 2.05) is 17.0 Å². The third-order valence-electron chi connectivity index (χ3n) is 6.68. The average Bonchev–Trinajstić information content (AvgIpc) is 3.07. The number of nitrogens with one attached hydrogen (secondary N) is 1. The first-order valence-electron chi connectivity index (χ1n) is 11.5. The van der Waals surface area contributed by atoms with E-state index in [-0.39, 0.29) is 11.7 Å². The third-order valence-corrected chi connectivity index (χ3v) is 6.68. The SMILES string of the molecule is COCCn1c(C)c(C)c2cc(C(=O)N3CCN(C)CC3)cc(NCc3ccc(F)cc3)c21. The van der Waals surface area contributed by atoms with Gasteiger partial charge < -0.3 is 24.4 Å². The van der Waals surface area contributed by atoms with Gasteiger partial charge >= 0.3 is 0 Å². The van der Waals surface area contributed by atoms with E-state index < -0.39 is 0 Å². The zero-order valence-corrected chi connectivity index (χ0v) is 19.9. The van der Waals surface area contributed by atoms with Crippen molar-refractivity contribution in [1.82, 2.24) is 14.4 Å². The Balaban J connectivity index is 1.74. The first-order chi connectivity index (χ1) is 15.9. The van der Waals surface area contributed by atoms with Crippen molar-refractivity contribution in [1.29, 1.82) is 0 Å². The molecule has 1 fully saturated rings. The Kier molecular flexibility index (Phi) is 7.00. The van der Waals surface area contributed by atoms with E-state index in [1.165, 1.54) is 17.7 Å². The normalized spacial score (nSPS) is 14.8. The minimum atomic E-state index is -0.249. The van der Waals surface area contributed by atoms with Gasteiger partial charge in [0.15, 0.2) is 0 Å². The van der Waals surface area contributed by atoms with Crippen LogP contribution in [0.1, 0.15) is 27.2 Å². The molecule has 0 atom stereocenters. The summed E-state index contributed by atoms with van der Waals surface area (Å²) in [6, 6.07) is 10.5. The molecule has 0 spiro atoms. The fourth-order valence-electron chi connectivity index (χ4n) is 4.49. The van der Waals surface area contributed by atoms with Crippen molar-refractivity contribution < 1.29 is 13.9 Å². The number of aromatic nitrogens is 1. The van der Waals surface area contributed by atoms with E-state index in [0.29, 0.717) is 18.7 Å². The molecule has 0 aliphatic carbocycles. The molecule has 2 heterocycles. The van der Waals surface area contributed by atoms with Crippen LogP contribution < -0.4 is 5.32 Å². The average molecular weight is 453 g/mol. The molecular weight excluding hydrogens is 419 g/mol. The van der Waals surface area contributed by atoms with Crippen LogP contribution >= 0.6 is 0 Å². The van der Waals surface area contributed by atoms with Crippen molar-refractivity contribution in [3.63, 3.8) is 0 Å². The molecule has 0 radical (unpaired) electrons. The minimum absolute atomic E-state index is 0.0662. The second-order valence-electron chi connectivity index (χ2n) is 8.85. The van der Waals surface area contributed by atoms with Crippen LogP contribution in [-0.2, 0) is 17.8 Å². The fourth-order valence-corrected chi connectivity index (χ4v) is 4.49. The highest BCUT2D eigenvalue weighted by molar-refractivity contribution is 6.04. The zero-order valence-electron chi connectivity index (χ0n) is 19.9. The highest BCUT2D eigenvalue weighted by atomic mass is 19.1. The lowest BCUT2D eigenvalue weighted by Crippen LogP contribution is -2.47. The molecule has 176 valence electrons. The maximum atomic E-state index is 13.4. The zero-order chi connectivity index (χ0) is 23.5. The molecule has 0 saturated carbocycles. The molecule has 7 heteroatoms. The predicted molar refractivity (Wildman–Crippen MR) is 130 cm³/mol. The van der Waals surface area contributed by atoms with Gasteiger partial charge in [-0.15, -0.1) is 0 Å². The van der Waals surface area contributed by atoms with Crippen LogP contribution in [0.3, 0.4) is 0 Å². The lowest BCUT2D eigenvalue weighted by Gasteiger charge is -2.32. The van der Waals surface area contributed by atoms with Gasteiger partial charge in [-0.3, -0.25) is 4.79 Å². The minimum Gasteiger partial charge on any atom is -0.383 e. The van der Waals surface area contributed by atoms with Gasteiger partial charge in [-0.2, -0.15) is 0 Å². The number of anilines is 1. The number of carbonyl (C=O) groups is 1. The molecule has 1 aromatic heterocycles. The van der Waals surface area contributed by atoms with Crippen molar-refractivity contribution in [2.45, 2.75) is 26.9 Å². The number of ether oxygens (including phenoxy) is 1. The summed E-state index contributed by atoms with van der Waals surface area (Å²) in [6.45, 7) is 9.31. The molecule has 3 aromatic rings. The lowest BCUT2D eigenvalue weighted by molar-refractivity contribution is 0.0664. The maximum Gasteiger partial charge on any atom is 0.254 e. The van der Waals surface area contributed by atoms with Crippen molar-refractivity contribution >= 4 is 22.5 Å². The Hall–Kier alpha value is -2.90. The fraction of sp³-hybridized carbons (Fsp3) is 0.423. The number of aryl methyl sites for hydroxylation is 1. The van der Waals surface area contributed by atoms with Crippen molar-refractivity contribution in [3.05, 3.63) is 64.6 Å². The molecule has 2 aromatic carbocycles. The van der Waals surface area contributed by atoms with Gasteiger partial charge in [-0.25, -0.2) is 4.39 Å². The summed E-state index contributed by atoms with van der Waals surface area (Å²) in [5.41, 5.74) is 5.97. The maximum absolute atomic E-state index is 13.4. The number of amides is 1. The monoisotopic (exact) mass is 452 g/mol. The third kappa shape index (κ3) is 4.89. The summed E-state index contributed by atoms with van der Waals surface area (Å²) in [4.78, 5) is 17.6. The van der Waals surface area contributed by atoms with E-state index in [4.69, 9.17) is 4.74 Å². The molecular formula is C26H33FN4O2. The van der Waals surface area contributed by atoms with Gasteiger partial charge in [0.05, 0.1) is 17.8 Å². The lowest BCUT2D eigenvalue weighted by atomic mass is 10.1. The molecule has 33 heavy (non-hydrogen) atoms. The summed E-state index contributed by atoms with van der Waals surface area (Å²) in [7, 11) is 3.79. The second kappa shape index (κ2) is 9.93. The quantitative estimate of drug-likeness (QED) is 0.588. The number of hydrogen-bond donors (Lipinski definition) is 1. The number of benzene rings is 2.